The van der Waals surface area contributed by atoms with Crippen molar-refractivity contribution in [1.29, 1.82) is 0 Å². The van der Waals surface area contributed by atoms with Crippen LogP contribution in [-0.2, 0) is 11.3 Å². The molecule has 0 radical (unpaired) electrons. The number of carbonyl (C=O) groups excluding carboxylic acids is 1. The Morgan fingerprint density at radius 3 is 3.13 bits per heavy atom. The van der Waals surface area contributed by atoms with Gasteiger partial charge in [-0.3, -0.25) is 4.79 Å². The summed E-state index contributed by atoms with van der Waals surface area (Å²) in [7, 11) is 0. The fourth-order valence-electron chi connectivity index (χ4n) is 2.73. The van der Waals surface area contributed by atoms with Gasteiger partial charge in [-0.05, 0) is 31.5 Å². The molecule has 0 unspecified atom stereocenters. The maximum Gasteiger partial charge on any atom is 0.251 e. The maximum atomic E-state index is 13.2. The topological polar surface area (TPSA) is 56.1 Å². The Morgan fingerprint density at radius 2 is 2.39 bits per heavy atom. The van der Waals surface area contributed by atoms with Crippen molar-refractivity contribution in [3.8, 4) is 0 Å². The summed E-state index contributed by atoms with van der Waals surface area (Å²) in [6.45, 7) is 3.36. The highest BCUT2D eigenvalue weighted by Crippen LogP contribution is 2.28. The van der Waals surface area contributed by atoms with Gasteiger partial charge < -0.3 is 14.6 Å². The van der Waals surface area contributed by atoms with Gasteiger partial charge in [-0.25, -0.2) is 9.37 Å². The van der Waals surface area contributed by atoms with Crippen LogP contribution in [0, 0.1) is 5.82 Å². The third-order valence-corrected chi connectivity index (χ3v) is 4.22. The van der Waals surface area contributed by atoms with Crippen LogP contribution >= 0.6 is 11.6 Å². The standard InChI is InChI=1S/C16H17ClFN3O2/c1-2-21-7-6-19-15(21)14-13(5-8-23-14)20-16(22)10-3-4-12(18)11(17)9-10/h3-4,6-7,9,13-14H,2,5,8H2,1H3,(H,20,22)/t13-,14-/m0/s1. The van der Waals surface area contributed by atoms with E-state index in [2.05, 4.69) is 10.3 Å². The summed E-state index contributed by atoms with van der Waals surface area (Å²) < 4.78 is 20.9. The van der Waals surface area contributed by atoms with Crippen LogP contribution in [0.4, 0.5) is 4.39 Å². The Labute approximate surface area is 138 Å². The number of aromatic nitrogens is 2. The van der Waals surface area contributed by atoms with Crippen molar-refractivity contribution >= 4 is 17.5 Å². The minimum absolute atomic E-state index is 0.0709. The van der Waals surface area contributed by atoms with Gasteiger partial charge in [0.15, 0.2) is 0 Å². The molecule has 1 aliphatic rings. The second kappa shape index (κ2) is 6.68. The quantitative estimate of drug-likeness (QED) is 0.933. The average Bonchev–Trinajstić information content (AvgIpc) is 3.17. The summed E-state index contributed by atoms with van der Waals surface area (Å²) in [6, 6.07) is 3.74. The molecule has 2 heterocycles. The van der Waals surface area contributed by atoms with Crippen molar-refractivity contribution in [3.05, 3.63) is 52.8 Å². The van der Waals surface area contributed by atoms with Crippen molar-refractivity contribution < 1.29 is 13.9 Å². The van der Waals surface area contributed by atoms with Crippen molar-refractivity contribution in [1.82, 2.24) is 14.9 Å². The van der Waals surface area contributed by atoms with Gasteiger partial charge in [0, 0.05) is 31.1 Å². The van der Waals surface area contributed by atoms with E-state index >= 15 is 0 Å². The third-order valence-electron chi connectivity index (χ3n) is 3.93. The van der Waals surface area contributed by atoms with E-state index in [1.807, 2.05) is 17.7 Å². The van der Waals surface area contributed by atoms with Crippen LogP contribution in [0.15, 0.2) is 30.6 Å². The molecule has 1 aromatic carbocycles. The number of ether oxygens (including phenoxy) is 1. The molecule has 1 aromatic heterocycles. The van der Waals surface area contributed by atoms with Crippen molar-refractivity contribution in [2.24, 2.45) is 0 Å². The number of halogens is 2. The number of imidazole rings is 1. The Hall–Kier alpha value is -1.92. The molecule has 2 atom stereocenters. The van der Waals surface area contributed by atoms with E-state index < -0.39 is 5.82 Å². The molecule has 2 aromatic rings. The van der Waals surface area contributed by atoms with E-state index in [0.717, 1.165) is 12.4 Å². The summed E-state index contributed by atoms with van der Waals surface area (Å²) >= 11 is 5.73. The highest BCUT2D eigenvalue weighted by molar-refractivity contribution is 6.31. The molecule has 1 fully saturated rings. The zero-order chi connectivity index (χ0) is 16.4. The molecule has 0 spiro atoms. The lowest BCUT2D eigenvalue weighted by molar-refractivity contribution is 0.0775. The molecular weight excluding hydrogens is 321 g/mol. The molecule has 1 N–H and O–H groups in total. The molecule has 1 amide bonds. The fraction of sp³-hybridized carbons (Fsp3) is 0.375. The smallest absolute Gasteiger partial charge is 0.251 e. The number of benzene rings is 1. The molecule has 1 saturated heterocycles. The molecule has 122 valence electrons. The largest absolute Gasteiger partial charge is 0.368 e. The fourth-order valence-corrected chi connectivity index (χ4v) is 2.91. The van der Waals surface area contributed by atoms with E-state index in [0.29, 0.717) is 18.6 Å². The number of rotatable bonds is 4. The predicted octanol–water partition coefficient (Wildman–Crippen LogP) is 2.96. The van der Waals surface area contributed by atoms with Gasteiger partial charge in [-0.2, -0.15) is 0 Å². The Bertz CT molecular complexity index is 719. The second-order valence-corrected chi connectivity index (χ2v) is 5.77. The maximum absolute atomic E-state index is 13.2. The first-order valence-electron chi connectivity index (χ1n) is 7.48. The number of carbonyl (C=O) groups is 1. The van der Waals surface area contributed by atoms with Gasteiger partial charge in [0.05, 0.1) is 11.1 Å². The Balaban J connectivity index is 1.76. The highest BCUT2D eigenvalue weighted by atomic mass is 35.5. The third kappa shape index (κ3) is 3.23. The average molecular weight is 338 g/mol. The van der Waals surface area contributed by atoms with Crippen LogP contribution in [0.2, 0.25) is 5.02 Å². The number of aryl methyl sites for hydroxylation is 1. The van der Waals surface area contributed by atoms with Gasteiger partial charge >= 0.3 is 0 Å². The second-order valence-electron chi connectivity index (χ2n) is 5.36. The van der Waals surface area contributed by atoms with E-state index in [1.165, 1.54) is 18.2 Å². The van der Waals surface area contributed by atoms with E-state index in [9.17, 15) is 9.18 Å². The number of hydrogen-bond donors (Lipinski definition) is 1. The Morgan fingerprint density at radius 1 is 1.57 bits per heavy atom. The number of nitrogens with zero attached hydrogens (tertiary/aromatic N) is 2. The number of hydrogen-bond acceptors (Lipinski definition) is 3. The summed E-state index contributed by atoms with van der Waals surface area (Å²) in [5, 5.41) is 2.86. The molecule has 7 heteroatoms. The van der Waals surface area contributed by atoms with Crippen LogP contribution in [0.1, 0.15) is 35.6 Å². The molecule has 0 saturated carbocycles. The zero-order valence-electron chi connectivity index (χ0n) is 12.6. The number of nitrogens with one attached hydrogen (secondary N) is 1. The molecule has 0 bridgehead atoms. The molecule has 5 nitrogen and oxygen atoms in total. The van der Waals surface area contributed by atoms with Crippen LogP contribution in [0.3, 0.4) is 0 Å². The minimum atomic E-state index is -0.546. The van der Waals surface area contributed by atoms with Crippen molar-refractivity contribution in [2.75, 3.05) is 6.61 Å². The van der Waals surface area contributed by atoms with Gasteiger partial charge in [0.1, 0.15) is 17.7 Å². The van der Waals surface area contributed by atoms with Crippen LogP contribution in [-0.4, -0.2) is 28.1 Å². The summed E-state index contributed by atoms with van der Waals surface area (Å²) in [4.78, 5) is 16.7. The SMILES string of the molecule is CCn1ccnc1[C@H]1OCC[C@@H]1NC(=O)c1ccc(F)c(Cl)c1. The van der Waals surface area contributed by atoms with Gasteiger partial charge in [0.2, 0.25) is 0 Å². The predicted molar refractivity (Wildman–Crippen MR) is 83.9 cm³/mol. The first-order valence-corrected chi connectivity index (χ1v) is 7.86. The summed E-state index contributed by atoms with van der Waals surface area (Å²) in [6.07, 6.45) is 4.02. The van der Waals surface area contributed by atoms with Gasteiger partial charge in [0.25, 0.3) is 5.91 Å². The lowest BCUT2D eigenvalue weighted by atomic mass is 10.1. The molecular formula is C16H17ClFN3O2. The molecule has 23 heavy (non-hydrogen) atoms. The molecule has 3 rings (SSSR count). The zero-order valence-corrected chi connectivity index (χ0v) is 13.4. The Kier molecular flexibility index (Phi) is 4.63. The summed E-state index contributed by atoms with van der Waals surface area (Å²) in [5.41, 5.74) is 0.320. The number of amides is 1. The van der Waals surface area contributed by atoms with E-state index in [4.69, 9.17) is 16.3 Å². The van der Waals surface area contributed by atoms with Crippen molar-refractivity contribution in [2.45, 2.75) is 32.0 Å². The molecule has 0 aliphatic carbocycles. The van der Waals surface area contributed by atoms with Crippen LogP contribution in [0.25, 0.3) is 0 Å². The first-order chi connectivity index (χ1) is 11.1. The van der Waals surface area contributed by atoms with E-state index in [-0.39, 0.29) is 23.1 Å². The first kappa shape index (κ1) is 16.0. The van der Waals surface area contributed by atoms with Gasteiger partial charge in [-0.1, -0.05) is 11.6 Å². The van der Waals surface area contributed by atoms with Crippen molar-refractivity contribution in [3.63, 3.8) is 0 Å². The van der Waals surface area contributed by atoms with Crippen LogP contribution < -0.4 is 5.32 Å². The lowest BCUT2D eigenvalue weighted by Gasteiger charge is -2.20. The lowest BCUT2D eigenvalue weighted by Crippen LogP contribution is -2.37. The minimum Gasteiger partial charge on any atom is -0.368 e. The molecule has 1 aliphatic heterocycles. The van der Waals surface area contributed by atoms with Gasteiger partial charge in [-0.15, -0.1) is 0 Å². The monoisotopic (exact) mass is 337 g/mol. The summed E-state index contributed by atoms with van der Waals surface area (Å²) in [5.74, 6) is -0.0512. The van der Waals surface area contributed by atoms with E-state index in [1.54, 1.807) is 6.20 Å². The highest BCUT2D eigenvalue weighted by Gasteiger charge is 2.34. The van der Waals surface area contributed by atoms with Crippen LogP contribution in [0.5, 0.6) is 0 Å². The normalized spacial score (nSPS) is 20.7.